The minimum absolute atomic E-state index is 0.175. The Kier molecular flexibility index (Phi) is 2.26. The maximum absolute atomic E-state index is 13.1. The van der Waals surface area contributed by atoms with Crippen molar-refractivity contribution in [2.24, 2.45) is 0 Å². The van der Waals surface area contributed by atoms with Crippen molar-refractivity contribution in [2.45, 2.75) is 38.0 Å². The van der Waals surface area contributed by atoms with Crippen LogP contribution >= 0.6 is 0 Å². The fraction of sp³-hybridized carbons (Fsp3) is 0.538. The summed E-state index contributed by atoms with van der Waals surface area (Å²) in [5.74, 6) is -0.175. The fourth-order valence-electron chi connectivity index (χ4n) is 2.91. The molecule has 0 saturated carbocycles. The molecule has 1 fully saturated rings. The molecule has 0 amide bonds. The number of halogens is 1. The van der Waals surface area contributed by atoms with Crippen molar-refractivity contribution in [3.63, 3.8) is 0 Å². The highest BCUT2D eigenvalue weighted by molar-refractivity contribution is 5.37. The van der Waals surface area contributed by atoms with Crippen LogP contribution in [0.5, 0.6) is 0 Å². The number of rotatable bonds is 1. The predicted molar refractivity (Wildman–Crippen MR) is 59.6 cm³/mol. The summed E-state index contributed by atoms with van der Waals surface area (Å²) in [5, 5.41) is 3.48. The lowest BCUT2D eigenvalue weighted by molar-refractivity contribution is -0.0471. The lowest BCUT2D eigenvalue weighted by Gasteiger charge is -2.31. The monoisotopic (exact) mass is 221 g/mol. The average molecular weight is 221 g/mol. The molecule has 0 spiro atoms. The van der Waals surface area contributed by atoms with Gasteiger partial charge in [-0.05, 0) is 49.6 Å². The van der Waals surface area contributed by atoms with E-state index in [1.807, 2.05) is 6.07 Å². The Morgan fingerprint density at radius 1 is 1.50 bits per heavy atom. The summed E-state index contributed by atoms with van der Waals surface area (Å²) in [5.41, 5.74) is 1.86. The third-order valence-corrected chi connectivity index (χ3v) is 3.85. The van der Waals surface area contributed by atoms with E-state index >= 15 is 0 Å². The highest BCUT2D eigenvalue weighted by atomic mass is 19.1. The van der Waals surface area contributed by atoms with Crippen molar-refractivity contribution in [3.8, 4) is 0 Å². The average Bonchev–Trinajstić information content (AvgIpc) is 2.87. The molecule has 1 aromatic carbocycles. The van der Waals surface area contributed by atoms with Crippen molar-refractivity contribution in [1.29, 1.82) is 0 Å². The van der Waals surface area contributed by atoms with Crippen molar-refractivity contribution in [2.75, 3.05) is 6.54 Å². The summed E-state index contributed by atoms with van der Waals surface area (Å²) < 4.78 is 19.0. The van der Waals surface area contributed by atoms with Gasteiger partial charge in [-0.1, -0.05) is 6.07 Å². The number of hydrogen-bond donors (Lipinski definition) is 1. The number of fused-ring (bicyclic) bond motifs is 1. The van der Waals surface area contributed by atoms with Crippen LogP contribution in [0.25, 0.3) is 0 Å². The van der Waals surface area contributed by atoms with Crippen molar-refractivity contribution in [1.82, 2.24) is 5.32 Å². The molecule has 2 aliphatic rings. The molecule has 0 aromatic heterocycles. The predicted octanol–water partition coefficient (Wildman–Crippen LogP) is 2.32. The van der Waals surface area contributed by atoms with Crippen LogP contribution in [0.1, 0.15) is 30.9 Å². The van der Waals surface area contributed by atoms with Gasteiger partial charge in [0, 0.05) is 6.04 Å². The normalized spacial score (nSPS) is 33.0. The third kappa shape index (κ3) is 1.39. The van der Waals surface area contributed by atoms with Crippen LogP contribution in [0, 0.1) is 5.82 Å². The Hall–Kier alpha value is -0.930. The lowest BCUT2D eigenvalue weighted by atomic mass is 9.86. The van der Waals surface area contributed by atoms with Gasteiger partial charge in [0.15, 0.2) is 0 Å². The maximum Gasteiger partial charge on any atom is 0.123 e. The smallest absolute Gasteiger partial charge is 0.123 e. The second-order valence-corrected chi connectivity index (χ2v) is 4.85. The summed E-state index contributed by atoms with van der Waals surface area (Å²) >= 11 is 0. The zero-order valence-electron chi connectivity index (χ0n) is 9.42. The summed E-state index contributed by atoms with van der Waals surface area (Å²) in [6, 6.07) is 5.35. The van der Waals surface area contributed by atoms with Gasteiger partial charge in [-0.3, -0.25) is 0 Å². The van der Waals surface area contributed by atoms with E-state index in [1.165, 1.54) is 12.5 Å². The molecule has 86 valence electrons. The van der Waals surface area contributed by atoms with E-state index in [0.717, 1.165) is 24.1 Å². The first-order valence-electron chi connectivity index (χ1n) is 5.86. The summed E-state index contributed by atoms with van der Waals surface area (Å²) in [7, 11) is 0. The zero-order chi connectivity index (χ0) is 11.2. The molecule has 3 rings (SSSR count). The Bertz CT molecular complexity index is 414. The van der Waals surface area contributed by atoms with Gasteiger partial charge in [-0.25, -0.2) is 4.39 Å². The Morgan fingerprint density at radius 2 is 2.38 bits per heavy atom. The number of ether oxygens (including phenoxy) is 1. The van der Waals surface area contributed by atoms with Crippen molar-refractivity contribution in [3.05, 3.63) is 35.1 Å². The van der Waals surface area contributed by atoms with Gasteiger partial charge in [0.2, 0.25) is 0 Å². The second-order valence-electron chi connectivity index (χ2n) is 4.85. The van der Waals surface area contributed by atoms with Crippen LogP contribution in [0.15, 0.2) is 18.2 Å². The van der Waals surface area contributed by atoms with E-state index in [1.54, 1.807) is 6.07 Å². The third-order valence-electron chi connectivity index (χ3n) is 3.85. The van der Waals surface area contributed by atoms with Crippen molar-refractivity contribution >= 4 is 0 Å². The number of hydrogen-bond acceptors (Lipinski definition) is 2. The van der Waals surface area contributed by atoms with Crippen LogP contribution in [0.4, 0.5) is 4.39 Å². The summed E-state index contributed by atoms with van der Waals surface area (Å²) in [4.78, 5) is 0. The molecule has 0 radical (unpaired) electrons. The molecule has 16 heavy (non-hydrogen) atoms. The minimum Gasteiger partial charge on any atom is -0.364 e. The van der Waals surface area contributed by atoms with E-state index in [0.29, 0.717) is 12.6 Å². The molecule has 2 aliphatic heterocycles. The second kappa shape index (κ2) is 3.54. The SMILES string of the molecule is C[C@@]1([C@@H]2CCCN2)OCc2cc(F)ccc21. The van der Waals surface area contributed by atoms with Crippen LogP contribution in [-0.4, -0.2) is 12.6 Å². The van der Waals surface area contributed by atoms with Crippen molar-refractivity contribution < 1.29 is 9.13 Å². The molecular weight excluding hydrogens is 205 g/mol. The fourth-order valence-corrected chi connectivity index (χ4v) is 2.91. The molecule has 2 heterocycles. The van der Waals surface area contributed by atoms with Gasteiger partial charge in [0.1, 0.15) is 11.4 Å². The molecule has 0 bridgehead atoms. The van der Waals surface area contributed by atoms with E-state index < -0.39 is 0 Å². The number of nitrogens with one attached hydrogen (secondary N) is 1. The van der Waals surface area contributed by atoms with Crippen LogP contribution in [0.2, 0.25) is 0 Å². The first kappa shape index (κ1) is 10.2. The van der Waals surface area contributed by atoms with Gasteiger partial charge < -0.3 is 10.1 Å². The molecule has 1 N–H and O–H groups in total. The van der Waals surface area contributed by atoms with E-state index in [2.05, 4.69) is 12.2 Å². The van der Waals surface area contributed by atoms with Crippen LogP contribution in [0.3, 0.4) is 0 Å². The largest absolute Gasteiger partial charge is 0.364 e. The molecular formula is C13H16FNO. The first-order valence-corrected chi connectivity index (χ1v) is 5.86. The first-order chi connectivity index (χ1) is 7.70. The molecule has 2 atom stereocenters. The Balaban J connectivity index is 2.00. The van der Waals surface area contributed by atoms with E-state index in [9.17, 15) is 4.39 Å². The van der Waals surface area contributed by atoms with Gasteiger partial charge in [-0.15, -0.1) is 0 Å². The highest BCUT2D eigenvalue weighted by Crippen LogP contribution is 2.41. The van der Waals surface area contributed by atoms with Crippen LogP contribution in [-0.2, 0) is 16.9 Å². The summed E-state index contributed by atoms with van der Waals surface area (Å²) in [6.07, 6.45) is 2.33. The summed E-state index contributed by atoms with van der Waals surface area (Å²) in [6.45, 7) is 3.70. The molecule has 1 saturated heterocycles. The quantitative estimate of drug-likeness (QED) is 0.785. The van der Waals surface area contributed by atoms with Gasteiger partial charge in [0.25, 0.3) is 0 Å². The lowest BCUT2D eigenvalue weighted by Crippen LogP contribution is -2.42. The minimum atomic E-state index is -0.278. The standard InChI is InChI=1S/C13H16FNO/c1-13(12-3-2-6-15-12)11-5-4-10(14)7-9(11)8-16-13/h4-5,7,12,15H,2-3,6,8H2,1H3/t12-,13+/m0/s1. The van der Waals surface area contributed by atoms with Gasteiger partial charge in [-0.2, -0.15) is 0 Å². The maximum atomic E-state index is 13.1. The van der Waals surface area contributed by atoms with E-state index in [4.69, 9.17) is 4.74 Å². The topological polar surface area (TPSA) is 21.3 Å². The highest BCUT2D eigenvalue weighted by Gasteiger charge is 2.43. The molecule has 3 heteroatoms. The van der Waals surface area contributed by atoms with Crippen LogP contribution < -0.4 is 5.32 Å². The Labute approximate surface area is 94.8 Å². The zero-order valence-corrected chi connectivity index (χ0v) is 9.42. The van der Waals surface area contributed by atoms with Gasteiger partial charge in [0.05, 0.1) is 6.61 Å². The van der Waals surface area contributed by atoms with E-state index in [-0.39, 0.29) is 11.4 Å². The number of benzene rings is 1. The molecule has 1 aromatic rings. The Morgan fingerprint density at radius 3 is 3.12 bits per heavy atom. The molecule has 0 unspecified atom stereocenters. The molecule has 2 nitrogen and oxygen atoms in total. The van der Waals surface area contributed by atoms with Gasteiger partial charge >= 0.3 is 0 Å². The molecule has 0 aliphatic carbocycles.